The van der Waals surface area contributed by atoms with Crippen molar-refractivity contribution in [1.29, 1.82) is 0 Å². The summed E-state index contributed by atoms with van der Waals surface area (Å²) in [6.45, 7) is 8.08. The maximum Gasteiger partial charge on any atom is 0.326 e. The number of aliphatic carboxylic acids is 1. The van der Waals surface area contributed by atoms with Gasteiger partial charge < -0.3 is 10.0 Å². The number of carboxylic acid groups (broad SMARTS) is 1. The van der Waals surface area contributed by atoms with Crippen LogP contribution in [0.5, 0.6) is 0 Å². The molecular weight excluding hydrogens is 262 g/mol. The second-order valence-electron chi connectivity index (χ2n) is 6.00. The second-order valence-corrected chi connectivity index (χ2v) is 6.44. The Hall–Kier alpha value is -1.22. The van der Waals surface area contributed by atoms with Crippen molar-refractivity contribution in [2.45, 2.75) is 51.6 Å². The van der Waals surface area contributed by atoms with Gasteiger partial charge in [0.2, 0.25) is 0 Å². The van der Waals surface area contributed by atoms with Crippen molar-refractivity contribution in [2.75, 3.05) is 4.90 Å². The Kier molecular flexibility index (Phi) is 3.52. The third-order valence-corrected chi connectivity index (χ3v) is 4.22. The van der Waals surface area contributed by atoms with Crippen LogP contribution in [0.4, 0.5) is 5.69 Å². The number of rotatable bonds is 2. The molecule has 0 bridgehead atoms. The van der Waals surface area contributed by atoms with Crippen LogP contribution in [-0.4, -0.2) is 22.7 Å². The van der Waals surface area contributed by atoms with Crippen molar-refractivity contribution in [3.63, 3.8) is 0 Å². The molecule has 1 heterocycles. The summed E-state index contributed by atoms with van der Waals surface area (Å²) in [6.07, 6.45) is 0.930. The van der Waals surface area contributed by atoms with E-state index in [9.17, 15) is 9.90 Å². The van der Waals surface area contributed by atoms with Gasteiger partial charge in [0.25, 0.3) is 0 Å². The van der Waals surface area contributed by atoms with Gasteiger partial charge in [-0.2, -0.15) is 0 Å². The van der Waals surface area contributed by atoms with Gasteiger partial charge in [-0.3, -0.25) is 0 Å². The summed E-state index contributed by atoms with van der Waals surface area (Å²) in [7, 11) is 0. The van der Waals surface area contributed by atoms with Crippen molar-refractivity contribution in [3.05, 3.63) is 28.8 Å². The molecule has 0 fully saturated rings. The summed E-state index contributed by atoms with van der Waals surface area (Å²) < 4.78 is 0. The van der Waals surface area contributed by atoms with Crippen LogP contribution in [0, 0.1) is 0 Å². The van der Waals surface area contributed by atoms with Crippen molar-refractivity contribution in [2.24, 2.45) is 0 Å². The van der Waals surface area contributed by atoms with Gasteiger partial charge in [0.05, 0.1) is 0 Å². The largest absolute Gasteiger partial charge is 0.480 e. The van der Waals surface area contributed by atoms with Crippen LogP contribution in [-0.2, 0) is 4.79 Å². The van der Waals surface area contributed by atoms with Crippen LogP contribution < -0.4 is 4.90 Å². The average Bonchev–Trinajstić information content (AvgIpc) is 2.26. The minimum Gasteiger partial charge on any atom is -0.480 e. The molecule has 0 aromatic heterocycles. The Labute approximate surface area is 119 Å². The van der Waals surface area contributed by atoms with E-state index >= 15 is 0 Å². The van der Waals surface area contributed by atoms with Crippen LogP contribution in [0.25, 0.3) is 0 Å². The molecule has 4 heteroatoms. The summed E-state index contributed by atoms with van der Waals surface area (Å²) >= 11 is 6.09. The first-order valence-corrected chi connectivity index (χ1v) is 6.93. The van der Waals surface area contributed by atoms with Crippen LogP contribution in [0.3, 0.4) is 0 Å². The first kappa shape index (κ1) is 14.2. The maximum absolute atomic E-state index is 11.4. The average molecular weight is 282 g/mol. The van der Waals surface area contributed by atoms with Crippen LogP contribution in [0.2, 0.25) is 5.02 Å². The minimum absolute atomic E-state index is 0.199. The Balaban J connectivity index is 2.60. The molecular formula is C15H20ClNO2. The molecule has 0 aliphatic carbocycles. The molecule has 0 saturated heterocycles. The van der Waals surface area contributed by atoms with Crippen molar-refractivity contribution in [3.8, 4) is 0 Å². The first-order valence-electron chi connectivity index (χ1n) is 6.55. The van der Waals surface area contributed by atoms with Crippen LogP contribution in [0.1, 0.15) is 45.6 Å². The zero-order valence-electron chi connectivity index (χ0n) is 11.8. The summed E-state index contributed by atoms with van der Waals surface area (Å²) in [5.41, 5.74) is 1.93. The van der Waals surface area contributed by atoms with E-state index in [-0.39, 0.29) is 5.54 Å². The number of hydrogen-bond donors (Lipinski definition) is 1. The van der Waals surface area contributed by atoms with E-state index in [4.69, 9.17) is 11.6 Å². The number of nitrogens with zero attached hydrogens (tertiary/aromatic N) is 1. The zero-order valence-corrected chi connectivity index (χ0v) is 12.5. The molecule has 0 amide bonds. The van der Waals surface area contributed by atoms with E-state index < -0.39 is 12.0 Å². The molecule has 19 heavy (non-hydrogen) atoms. The standard InChI is InChI=1S/C15H20ClNO2/c1-9-8-15(3,4)17(10(2)14(18)19)13-7-11(16)5-6-12(9)13/h5-7,9-10H,8H2,1-4H3,(H,18,19)/t9-,10+/m1/s1. The fourth-order valence-electron chi connectivity index (χ4n) is 3.27. The molecule has 3 nitrogen and oxygen atoms in total. The molecule has 0 radical (unpaired) electrons. The number of carbonyl (C=O) groups is 1. The van der Waals surface area contributed by atoms with E-state index in [1.54, 1.807) is 6.92 Å². The number of carboxylic acids is 1. The summed E-state index contributed by atoms with van der Waals surface area (Å²) in [5.74, 6) is -0.409. The normalized spacial score (nSPS) is 22.8. The Morgan fingerprint density at radius 3 is 2.74 bits per heavy atom. The smallest absolute Gasteiger partial charge is 0.326 e. The number of anilines is 1. The lowest BCUT2D eigenvalue weighted by Gasteiger charge is -2.49. The predicted molar refractivity (Wildman–Crippen MR) is 78.1 cm³/mol. The van der Waals surface area contributed by atoms with Crippen LogP contribution in [0.15, 0.2) is 18.2 Å². The molecule has 1 aromatic carbocycles. The van der Waals surface area contributed by atoms with Gasteiger partial charge in [-0.05, 0) is 50.8 Å². The molecule has 104 valence electrons. The van der Waals surface area contributed by atoms with Crippen LogP contribution >= 0.6 is 11.6 Å². The highest BCUT2D eigenvalue weighted by Crippen LogP contribution is 2.45. The molecule has 2 rings (SSSR count). The summed E-state index contributed by atoms with van der Waals surface area (Å²) in [6, 6.07) is 5.20. The van der Waals surface area contributed by atoms with Gasteiger partial charge in [0.15, 0.2) is 0 Å². The quantitative estimate of drug-likeness (QED) is 0.894. The second kappa shape index (κ2) is 4.71. The maximum atomic E-state index is 11.4. The molecule has 0 saturated carbocycles. The fourth-order valence-corrected chi connectivity index (χ4v) is 3.44. The highest BCUT2D eigenvalue weighted by Gasteiger charge is 2.40. The Morgan fingerprint density at radius 2 is 2.16 bits per heavy atom. The third kappa shape index (κ3) is 2.44. The molecule has 1 N–H and O–H groups in total. The topological polar surface area (TPSA) is 40.5 Å². The lowest BCUT2D eigenvalue weighted by molar-refractivity contribution is -0.138. The molecule has 1 aromatic rings. The van der Waals surface area contributed by atoms with Gasteiger partial charge in [-0.15, -0.1) is 0 Å². The van der Waals surface area contributed by atoms with E-state index in [0.29, 0.717) is 10.9 Å². The van der Waals surface area contributed by atoms with Gasteiger partial charge >= 0.3 is 5.97 Å². The number of fused-ring (bicyclic) bond motifs is 1. The SMILES string of the molecule is C[C@@H]1CC(C)(C)N([C@@H](C)C(=O)O)c2cc(Cl)ccc21. The monoisotopic (exact) mass is 281 g/mol. The number of hydrogen-bond acceptors (Lipinski definition) is 2. The van der Waals surface area contributed by atoms with Crippen molar-refractivity contribution < 1.29 is 9.90 Å². The third-order valence-electron chi connectivity index (χ3n) is 3.99. The van der Waals surface area contributed by atoms with Crippen molar-refractivity contribution >= 4 is 23.3 Å². The summed E-state index contributed by atoms with van der Waals surface area (Å²) in [5, 5.41) is 10.00. The molecule has 0 unspecified atom stereocenters. The molecule has 2 atom stereocenters. The minimum atomic E-state index is -0.812. The number of benzene rings is 1. The molecule has 0 spiro atoms. The molecule has 1 aliphatic rings. The van der Waals surface area contributed by atoms with Gasteiger partial charge in [0.1, 0.15) is 6.04 Å². The van der Waals surface area contributed by atoms with Gasteiger partial charge in [-0.1, -0.05) is 24.6 Å². The van der Waals surface area contributed by atoms with Crippen molar-refractivity contribution in [1.82, 2.24) is 0 Å². The lowest BCUT2D eigenvalue weighted by atomic mass is 9.79. The summed E-state index contributed by atoms with van der Waals surface area (Å²) in [4.78, 5) is 13.4. The van der Waals surface area contributed by atoms with E-state index in [1.807, 2.05) is 23.1 Å². The first-order chi connectivity index (χ1) is 8.74. The zero-order chi connectivity index (χ0) is 14.4. The van der Waals surface area contributed by atoms with Gasteiger partial charge in [-0.25, -0.2) is 4.79 Å². The lowest BCUT2D eigenvalue weighted by Crippen LogP contribution is -2.55. The highest BCUT2D eigenvalue weighted by molar-refractivity contribution is 6.30. The predicted octanol–water partition coefficient (Wildman–Crippen LogP) is 3.91. The number of halogens is 1. The van der Waals surface area contributed by atoms with E-state index in [2.05, 4.69) is 20.8 Å². The molecule has 1 aliphatic heterocycles. The van der Waals surface area contributed by atoms with E-state index in [1.165, 1.54) is 5.56 Å². The Bertz CT molecular complexity index is 513. The highest BCUT2D eigenvalue weighted by atomic mass is 35.5. The fraction of sp³-hybridized carbons (Fsp3) is 0.533. The Morgan fingerprint density at radius 1 is 1.53 bits per heavy atom. The van der Waals surface area contributed by atoms with Gasteiger partial charge in [0, 0.05) is 16.2 Å². The van der Waals surface area contributed by atoms with E-state index in [0.717, 1.165) is 12.1 Å².